The fourth-order valence-electron chi connectivity index (χ4n) is 2.75. The first kappa shape index (κ1) is 20.8. The zero-order valence-corrected chi connectivity index (χ0v) is 17.8. The molecule has 1 aromatic heterocycles. The molecule has 3 aromatic rings. The van der Waals surface area contributed by atoms with Crippen LogP contribution >= 0.6 is 23.1 Å². The number of nitriles is 1. The Bertz CT molecular complexity index is 1020. The lowest BCUT2D eigenvalue weighted by molar-refractivity contribution is 0.0762. The van der Waals surface area contributed by atoms with Crippen LogP contribution in [0.4, 0.5) is 0 Å². The van der Waals surface area contributed by atoms with Gasteiger partial charge in [0.05, 0.1) is 11.6 Å². The first-order chi connectivity index (χ1) is 14.1. The van der Waals surface area contributed by atoms with Crippen LogP contribution in [0.15, 0.2) is 70.9 Å². The number of aromatic nitrogens is 1. The van der Waals surface area contributed by atoms with Crippen LogP contribution in [0.2, 0.25) is 0 Å². The van der Waals surface area contributed by atoms with Gasteiger partial charge in [0, 0.05) is 35.5 Å². The van der Waals surface area contributed by atoms with Gasteiger partial charge >= 0.3 is 0 Å². The van der Waals surface area contributed by atoms with E-state index in [2.05, 4.69) is 17.6 Å². The normalized spacial score (nSPS) is 10.3. The van der Waals surface area contributed by atoms with Gasteiger partial charge in [-0.15, -0.1) is 17.9 Å². The molecule has 146 valence electrons. The van der Waals surface area contributed by atoms with Crippen molar-refractivity contribution in [1.82, 2.24) is 9.88 Å². The van der Waals surface area contributed by atoms with Gasteiger partial charge in [-0.05, 0) is 42.3 Å². The van der Waals surface area contributed by atoms with Crippen molar-refractivity contribution in [2.75, 3.05) is 6.54 Å². The molecule has 0 aliphatic carbocycles. The van der Waals surface area contributed by atoms with Crippen molar-refractivity contribution in [1.29, 1.82) is 5.26 Å². The van der Waals surface area contributed by atoms with Gasteiger partial charge in [0.1, 0.15) is 4.34 Å². The number of nitrogens with zero attached hydrogens (tertiary/aromatic N) is 3. The number of aryl methyl sites for hydroxylation is 1. The minimum atomic E-state index is -0.0380. The summed E-state index contributed by atoms with van der Waals surface area (Å²) in [5.41, 5.74) is 4.44. The van der Waals surface area contributed by atoms with Crippen LogP contribution in [0.5, 0.6) is 0 Å². The van der Waals surface area contributed by atoms with E-state index in [9.17, 15) is 4.79 Å². The maximum absolute atomic E-state index is 13.0. The minimum Gasteiger partial charge on any atom is -0.331 e. The summed E-state index contributed by atoms with van der Waals surface area (Å²) in [6, 6.07) is 17.1. The molecule has 0 aliphatic heterocycles. The van der Waals surface area contributed by atoms with Crippen LogP contribution in [0, 0.1) is 18.3 Å². The second-order valence-electron chi connectivity index (χ2n) is 6.52. The predicted molar refractivity (Wildman–Crippen MR) is 119 cm³/mol. The average Bonchev–Trinajstić information content (AvgIpc) is 3.17. The lowest BCUT2D eigenvalue weighted by Gasteiger charge is -2.21. The molecule has 29 heavy (non-hydrogen) atoms. The third kappa shape index (κ3) is 5.80. The van der Waals surface area contributed by atoms with E-state index in [4.69, 9.17) is 5.26 Å². The lowest BCUT2D eigenvalue weighted by Crippen LogP contribution is -2.30. The lowest BCUT2D eigenvalue weighted by atomic mass is 10.1. The van der Waals surface area contributed by atoms with Crippen LogP contribution in [-0.2, 0) is 12.3 Å². The number of hydrogen-bond acceptors (Lipinski definition) is 5. The SMILES string of the molecule is C=CCN(Cc1ccc(C#N)cc1)C(=O)c1ccc(CSc2nc(C)cs2)cc1. The number of amides is 1. The molecule has 0 atom stereocenters. The number of carbonyl (C=O) groups excluding carboxylic acids is 1. The molecule has 1 amide bonds. The highest BCUT2D eigenvalue weighted by atomic mass is 32.2. The molecular weight excluding hydrogens is 398 g/mol. The van der Waals surface area contributed by atoms with E-state index in [0.29, 0.717) is 24.2 Å². The quantitative estimate of drug-likeness (QED) is 0.360. The maximum Gasteiger partial charge on any atom is 0.254 e. The summed E-state index contributed by atoms with van der Waals surface area (Å²) in [5.74, 6) is 0.785. The Morgan fingerprint density at radius 1 is 1.21 bits per heavy atom. The zero-order chi connectivity index (χ0) is 20.6. The van der Waals surface area contributed by atoms with Gasteiger partial charge in [-0.2, -0.15) is 5.26 Å². The largest absolute Gasteiger partial charge is 0.331 e. The van der Waals surface area contributed by atoms with E-state index in [1.54, 1.807) is 46.2 Å². The number of rotatable bonds is 8. The highest BCUT2D eigenvalue weighted by Crippen LogP contribution is 2.26. The van der Waals surface area contributed by atoms with Crippen LogP contribution in [0.3, 0.4) is 0 Å². The fraction of sp³-hybridized carbons (Fsp3) is 0.174. The van der Waals surface area contributed by atoms with E-state index in [0.717, 1.165) is 26.9 Å². The molecule has 0 N–H and O–H groups in total. The third-order valence-corrected chi connectivity index (χ3v) is 6.46. The summed E-state index contributed by atoms with van der Waals surface area (Å²) >= 11 is 3.36. The Kier molecular flexibility index (Phi) is 7.23. The average molecular weight is 420 g/mol. The second-order valence-corrected chi connectivity index (χ2v) is 8.60. The highest BCUT2D eigenvalue weighted by Gasteiger charge is 2.15. The number of thiazole rings is 1. The Balaban J connectivity index is 1.65. The monoisotopic (exact) mass is 419 g/mol. The molecule has 0 unspecified atom stereocenters. The predicted octanol–water partition coefficient (Wildman–Crippen LogP) is 5.44. The summed E-state index contributed by atoms with van der Waals surface area (Å²) in [5, 5.41) is 11.0. The molecule has 6 heteroatoms. The van der Waals surface area contributed by atoms with Crippen molar-refractivity contribution < 1.29 is 4.79 Å². The second kappa shape index (κ2) is 10.1. The smallest absolute Gasteiger partial charge is 0.254 e. The van der Waals surface area contributed by atoms with Gasteiger partial charge in [-0.25, -0.2) is 4.98 Å². The van der Waals surface area contributed by atoms with Crippen LogP contribution in [-0.4, -0.2) is 22.3 Å². The summed E-state index contributed by atoms with van der Waals surface area (Å²) in [6.45, 7) is 6.69. The molecule has 0 saturated carbocycles. The van der Waals surface area contributed by atoms with E-state index in [1.807, 2.05) is 48.7 Å². The topological polar surface area (TPSA) is 57.0 Å². The first-order valence-corrected chi connectivity index (χ1v) is 11.0. The molecule has 3 rings (SSSR count). The van der Waals surface area contributed by atoms with Crippen LogP contribution in [0.25, 0.3) is 0 Å². The molecule has 0 bridgehead atoms. The summed E-state index contributed by atoms with van der Waals surface area (Å²) in [7, 11) is 0. The van der Waals surface area contributed by atoms with Crippen molar-refractivity contribution >= 4 is 29.0 Å². The van der Waals surface area contributed by atoms with Crippen molar-refractivity contribution in [2.24, 2.45) is 0 Å². The van der Waals surface area contributed by atoms with Gasteiger partial charge < -0.3 is 4.90 Å². The van der Waals surface area contributed by atoms with Crippen LogP contribution < -0.4 is 0 Å². The summed E-state index contributed by atoms with van der Waals surface area (Å²) in [6.07, 6.45) is 1.72. The molecular formula is C23H21N3OS2. The number of carbonyl (C=O) groups is 1. The Morgan fingerprint density at radius 3 is 2.48 bits per heavy atom. The van der Waals surface area contributed by atoms with E-state index >= 15 is 0 Å². The minimum absolute atomic E-state index is 0.0380. The fourth-order valence-corrected chi connectivity index (χ4v) is 4.56. The standard InChI is InChI=1S/C23H21N3OS2/c1-3-12-26(14-19-6-4-18(13-24)5-7-19)22(27)21-10-8-20(9-11-21)16-29-23-25-17(2)15-28-23/h3-11,15H,1,12,14,16H2,2H3. The molecule has 0 saturated heterocycles. The van der Waals surface area contributed by atoms with E-state index in [1.165, 1.54) is 0 Å². The molecule has 0 aliphatic rings. The van der Waals surface area contributed by atoms with Gasteiger partial charge in [0.2, 0.25) is 0 Å². The third-order valence-electron chi connectivity index (χ3n) is 4.25. The van der Waals surface area contributed by atoms with Gasteiger partial charge in [0.15, 0.2) is 0 Å². The van der Waals surface area contributed by atoms with Crippen molar-refractivity contribution in [3.05, 3.63) is 94.5 Å². The first-order valence-electron chi connectivity index (χ1n) is 9.12. The molecule has 4 nitrogen and oxygen atoms in total. The number of hydrogen-bond donors (Lipinski definition) is 0. The van der Waals surface area contributed by atoms with E-state index in [-0.39, 0.29) is 5.91 Å². The molecule has 0 spiro atoms. The Morgan fingerprint density at radius 2 is 1.90 bits per heavy atom. The van der Waals surface area contributed by atoms with Crippen LogP contribution in [0.1, 0.15) is 32.7 Å². The van der Waals surface area contributed by atoms with Gasteiger partial charge in [-0.1, -0.05) is 42.1 Å². The maximum atomic E-state index is 13.0. The van der Waals surface area contributed by atoms with Gasteiger partial charge in [0.25, 0.3) is 5.91 Å². The van der Waals surface area contributed by atoms with E-state index < -0.39 is 0 Å². The van der Waals surface area contributed by atoms with Gasteiger partial charge in [-0.3, -0.25) is 4.79 Å². The highest BCUT2D eigenvalue weighted by molar-refractivity contribution is 8.00. The van der Waals surface area contributed by atoms with Crippen molar-refractivity contribution in [2.45, 2.75) is 23.6 Å². The zero-order valence-electron chi connectivity index (χ0n) is 16.2. The molecule has 2 aromatic carbocycles. The molecule has 0 fully saturated rings. The number of benzene rings is 2. The van der Waals surface area contributed by atoms with Crippen molar-refractivity contribution in [3.8, 4) is 6.07 Å². The molecule has 1 heterocycles. The number of thioether (sulfide) groups is 1. The van der Waals surface area contributed by atoms with Crippen molar-refractivity contribution in [3.63, 3.8) is 0 Å². The summed E-state index contributed by atoms with van der Waals surface area (Å²) < 4.78 is 1.06. The Labute approximate surface area is 179 Å². The Hall–Kier alpha value is -2.88. The summed E-state index contributed by atoms with van der Waals surface area (Å²) in [4.78, 5) is 19.2. The molecule has 0 radical (unpaired) electrons.